The molecule has 0 amide bonds. The van der Waals surface area contributed by atoms with Crippen LogP contribution in [0.2, 0.25) is 0 Å². The highest BCUT2D eigenvalue weighted by atomic mass is 19.4. The molecule has 0 saturated carbocycles. The second-order valence-corrected chi connectivity index (χ2v) is 3.51. The molecule has 0 spiro atoms. The maximum atomic E-state index is 12.8. The van der Waals surface area contributed by atoms with Crippen LogP contribution in [0.5, 0.6) is 11.5 Å². The van der Waals surface area contributed by atoms with Gasteiger partial charge in [0.25, 0.3) is 0 Å². The molecule has 7 heteroatoms. The lowest BCUT2D eigenvalue weighted by atomic mass is 10.00. The van der Waals surface area contributed by atoms with Crippen LogP contribution in [-0.4, -0.2) is 18.4 Å². The van der Waals surface area contributed by atoms with Gasteiger partial charge in [-0.05, 0) is 12.1 Å². The maximum Gasteiger partial charge on any atom is 0.416 e. The summed E-state index contributed by atoms with van der Waals surface area (Å²) in [6.45, 7) is -0.496. The first-order chi connectivity index (χ1) is 7.95. The Bertz CT molecular complexity index is 434. The summed E-state index contributed by atoms with van der Waals surface area (Å²) in [4.78, 5) is 0. The molecule has 1 aliphatic rings. The predicted molar refractivity (Wildman–Crippen MR) is 51.6 cm³/mol. The average Bonchev–Trinajstić information content (AvgIpc) is 2.73. The summed E-state index contributed by atoms with van der Waals surface area (Å²) in [5, 5.41) is 9.58. The largest absolute Gasteiger partial charge is 0.454 e. The Morgan fingerprint density at radius 1 is 1.35 bits per heavy atom. The van der Waals surface area contributed by atoms with Crippen LogP contribution in [0.1, 0.15) is 17.2 Å². The summed E-state index contributed by atoms with van der Waals surface area (Å²) < 4.78 is 48.2. The maximum absolute atomic E-state index is 12.8. The third-order valence-electron chi connectivity index (χ3n) is 2.44. The highest BCUT2D eigenvalue weighted by molar-refractivity contribution is 5.54. The molecule has 1 aromatic carbocycles. The number of nitrogens with two attached hydrogens (primary N) is 1. The van der Waals surface area contributed by atoms with E-state index in [1.807, 2.05) is 0 Å². The van der Waals surface area contributed by atoms with Gasteiger partial charge >= 0.3 is 6.18 Å². The molecule has 0 aliphatic carbocycles. The molecule has 0 radical (unpaired) electrons. The van der Waals surface area contributed by atoms with E-state index in [9.17, 15) is 18.3 Å². The van der Waals surface area contributed by atoms with E-state index in [0.717, 1.165) is 12.1 Å². The quantitative estimate of drug-likeness (QED) is 0.832. The van der Waals surface area contributed by atoms with Gasteiger partial charge < -0.3 is 20.3 Å². The summed E-state index contributed by atoms with van der Waals surface area (Å²) in [6.07, 6.45) is -6.02. The first kappa shape index (κ1) is 12.0. The Morgan fingerprint density at radius 2 is 2.06 bits per heavy atom. The summed E-state index contributed by atoms with van der Waals surface area (Å²) in [5.41, 5.74) is 3.87. The van der Waals surface area contributed by atoms with Crippen molar-refractivity contribution in [2.24, 2.45) is 5.73 Å². The summed E-state index contributed by atoms with van der Waals surface area (Å²) >= 11 is 0. The highest BCUT2D eigenvalue weighted by Gasteiger charge is 2.38. The Labute approximate surface area is 94.7 Å². The van der Waals surface area contributed by atoms with Gasteiger partial charge in [-0.1, -0.05) is 0 Å². The number of fused-ring (bicyclic) bond motifs is 1. The zero-order chi connectivity index (χ0) is 12.6. The number of hydrogen-bond donors (Lipinski definition) is 2. The minimum absolute atomic E-state index is 0.0854. The normalized spacial score (nSPS) is 16.1. The van der Waals surface area contributed by atoms with Crippen LogP contribution in [0.3, 0.4) is 0 Å². The number of rotatable bonds is 2. The van der Waals surface area contributed by atoms with Crippen LogP contribution in [0.4, 0.5) is 13.2 Å². The number of halogens is 3. The van der Waals surface area contributed by atoms with Crippen molar-refractivity contribution in [2.75, 3.05) is 13.3 Å². The summed E-state index contributed by atoms with van der Waals surface area (Å²) in [6, 6.07) is 2.01. The van der Waals surface area contributed by atoms with E-state index in [1.165, 1.54) is 0 Å². The molecule has 1 unspecified atom stereocenters. The van der Waals surface area contributed by atoms with Crippen LogP contribution >= 0.6 is 0 Å². The van der Waals surface area contributed by atoms with Crippen molar-refractivity contribution >= 4 is 0 Å². The van der Waals surface area contributed by atoms with Gasteiger partial charge in [0.1, 0.15) is 0 Å². The highest BCUT2D eigenvalue weighted by Crippen LogP contribution is 2.45. The van der Waals surface area contributed by atoms with Gasteiger partial charge in [0.2, 0.25) is 6.79 Å². The molecule has 3 N–H and O–H groups in total. The smallest absolute Gasteiger partial charge is 0.416 e. The molecule has 4 nitrogen and oxygen atoms in total. The third-order valence-corrected chi connectivity index (χ3v) is 2.44. The van der Waals surface area contributed by atoms with Crippen molar-refractivity contribution < 1.29 is 27.8 Å². The molecule has 94 valence electrons. The lowest BCUT2D eigenvalue weighted by molar-refractivity contribution is -0.139. The van der Waals surface area contributed by atoms with Gasteiger partial charge in [0.05, 0.1) is 11.7 Å². The van der Waals surface area contributed by atoms with Gasteiger partial charge in [0, 0.05) is 12.1 Å². The predicted octanol–water partition coefficient (Wildman–Crippen LogP) is 1.43. The number of aliphatic hydroxyl groups is 1. The molecular weight excluding hydrogens is 239 g/mol. The van der Waals surface area contributed by atoms with Crippen molar-refractivity contribution in [3.63, 3.8) is 0 Å². The Morgan fingerprint density at radius 3 is 2.65 bits per heavy atom. The molecule has 17 heavy (non-hydrogen) atoms. The van der Waals surface area contributed by atoms with Gasteiger partial charge in [-0.2, -0.15) is 13.2 Å². The summed E-state index contributed by atoms with van der Waals surface area (Å²) in [5.74, 6) is 0.0956. The van der Waals surface area contributed by atoms with Crippen LogP contribution in [0, 0.1) is 0 Å². The molecule has 1 aliphatic heterocycles. The number of aliphatic hydroxyl groups excluding tert-OH is 1. The number of alkyl halides is 3. The van der Waals surface area contributed by atoms with E-state index < -0.39 is 17.8 Å². The fourth-order valence-electron chi connectivity index (χ4n) is 1.69. The van der Waals surface area contributed by atoms with Crippen molar-refractivity contribution in [3.05, 3.63) is 23.3 Å². The Kier molecular flexibility index (Phi) is 2.88. The van der Waals surface area contributed by atoms with Gasteiger partial charge in [0.15, 0.2) is 11.5 Å². The van der Waals surface area contributed by atoms with E-state index in [4.69, 9.17) is 15.2 Å². The third kappa shape index (κ3) is 2.03. The number of ether oxygens (including phenoxy) is 2. The fourth-order valence-corrected chi connectivity index (χ4v) is 1.69. The van der Waals surface area contributed by atoms with Crippen LogP contribution in [0.15, 0.2) is 12.1 Å². The van der Waals surface area contributed by atoms with Gasteiger partial charge in [-0.25, -0.2) is 0 Å². The molecular formula is C10H10F3NO3. The lowest BCUT2D eigenvalue weighted by Gasteiger charge is -2.18. The SMILES string of the molecule is NCC(O)c1c(C(F)(F)F)ccc2c1OCO2. The Balaban J connectivity index is 2.61. The minimum Gasteiger partial charge on any atom is -0.454 e. The van der Waals surface area contributed by atoms with Crippen molar-refractivity contribution in [2.45, 2.75) is 12.3 Å². The molecule has 1 heterocycles. The molecule has 0 fully saturated rings. The zero-order valence-corrected chi connectivity index (χ0v) is 8.62. The fraction of sp³-hybridized carbons (Fsp3) is 0.400. The average molecular weight is 249 g/mol. The molecule has 2 rings (SSSR count). The molecule has 1 aromatic rings. The number of hydrogen-bond acceptors (Lipinski definition) is 4. The van der Waals surface area contributed by atoms with Crippen molar-refractivity contribution in [1.29, 1.82) is 0 Å². The van der Waals surface area contributed by atoms with E-state index >= 15 is 0 Å². The van der Waals surface area contributed by atoms with Crippen molar-refractivity contribution in [1.82, 2.24) is 0 Å². The molecule has 0 bridgehead atoms. The Hall–Kier alpha value is -1.47. The van der Waals surface area contributed by atoms with Gasteiger partial charge in [-0.3, -0.25) is 0 Å². The van der Waals surface area contributed by atoms with E-state index in [2.05, 4.69) is 0 Å². The van der Waals surface area contributed by atoms with E-state index in [0.29, 0.717) is 0 Å². The second-order valence-electron chi connectivity index (χ2n) is 3.51. The zero-order valence-electron chi connectivity index (χ0n) is 8.62. The second kappa shape index (κ2) is 4.08. The van der Waals surface area contributed by atoms with E-state index in [1.54, 1.807) is 0 Å². The van der Waals surface area contributed by atoms with Crippen molar-refractivity contribution in [3.8, 4) is 11.5 Å². The summed E-state index contributed by atoms with van der Waals surface area (Å²) in [7, 11) is 0. The van der Waals surface area contributed by atoms with Crippen LogP contribution in [0.25, 0.3) is 0 Å². The minimum atomic E-state index is -4.58. The monoisotopic (exact) mass is 249 g/mol. The van der Waals surface area contributed by atoms with E-state index in [-0.39, 0.29) is 30.4 Å². The first-order valence-electron chi connectivity index (χ1n) is 4.83. The van der Waals surface area contributed by atoms with Crippen LogP contribution < -0.4 is 15.2 Å². The standard InChI is InChI=1S/C10H10F3NO3/c11-10(12,13)5-1-2-7-9(17-4-16-7)8(5)6(15)3-14/h1-2,6,15H,3-4,14H2. The molecule has 0 aromatic heterocycles. The topological polar surface area (TPSA) is 64.7 Å². The van der Waals surface area contributed by atoms with Crippen LogP contribution in [-0.2, 0) is 6.18 Å². The molecule has 1 atom stereocenters. The first-order valence-corrected chi connectivity index (χ1v) is 4.83. The molecule has 0 saturated heterocycles. The van der Waals surface area contributed by atoms with Gasteiger partial charge in [-0.15, -0.1) is 0 Å². The number of benzene rings is 1. The lowest BCUT2D eigenvalue weighted by Crippen LogP contribution is -2.18.